The second kappa shape index (κ2) is 2.49. The van der Waals surface area contributed by atoms with Gasteiger partial charge in [0, 0.05) is 0 Å². The van der Waals surface area contributed by atoms with Crippen LogP contribution in [0.25, 0.3) is 0 Å². The molecule has 1 aromatic rings. The van der Waals surface area contributed by atoms with Gasteiger partial charge in [-0.05, 0) is 0 Å². The van der Waals surface area contributed by atoms with Crippen LogP contribution in [0.3, 0.4) is 0 Å². The standard InChI is InChI=1S/C5H3ClOSe/c6-5(7)4-1-2-8-3-4/h1-3H. The van der Waals surface area contributed by atoms with Gasteiger partial charge in [-0.1, -0.05) is 0 Å². The van der Waals surface area contributed by atoms with Gasteiger partial charge in [-0.15, -0.1) is 0 Å². The van der Waals surface area contributed by atoms with Crippen molar-refractivity contribution in [3.63, 3.8) is 0 Å². The third kappa shape index (κ3) is 1.22. The van der Waals surface area contributed by atoms with E-state index in [9.17, 15) is 4.79 Å². The molecule has 0 aliphatic rings. The van der Waals surface area contributed by atoms with Gasteiger partial charge in [0.05, 0.1) is 0 Å². The van der Waals surface area contributed by atoms with Gasteiger partial charge in [-0.3, -0.25) is 0 Å². The fourth-order valence-corrected chi connectivity index (χ4v) is 1.97. The minimum atomic E-state index is -0.347. The zero-order chi connectivity index (χ0) is 5.98. The first-order valence-electron chi connectivity index (χ1n) is 2.03. The van der Waals surface area contributed by atoms with Crippen LogP contribution in [-0.2, 0) is 0 Å². The molecule has 42 valence electrons. The number of carbonyl (C=O) groups is 1. The second-order valence-electron chi connectivity index (χ2n) is 1.29. The number of hydrogen-bond acceptors (Lipinski definition) is 1. The van der Waals surface area contributed by atoms with E-state index in [0.29, 0.717) is 20.1 Å². The molecule has 0 N–H and O–H groups in total. The van der Waals surface area contributed by atoms with Crippen LogP contribution in [0.1, 0.15) is 10.4 Å². The summed E-state index contributed by atoms with van der Waals surface area (Å²) < 4.78 is 0. The molecule has 1 heterocycles. The topological polar surface area (TPSA) is 17.1 Å². The number of rotatable bonds is 1. The van der Waals surface area contributed by atoms with E-state index in [1.54, 1.807) is 6.07 Å². The predicted molar refractivity (Wildman–Crippen MR) is 33.6 cm³/mol. The Morgan fingerprint density at radius 1 is 1.75 bits per heavy atom. The van der Waals surface area contributed by atoms with Gasteiger partial charge in [0.15, 0.2) is 0 Å². The van der Waals surface area contributed by atoms with E-state index >= 15 is 0 Å². The van der Waals surface area contributed by atoms with E-state index in [1.165, 1.54) is 0 Å². The predicted octanol–water partition coefficient (Wildman–Crippen LogP) is 1.12. The molecular weight excluding hydrogens is 190 g/mol. The van der Waals surface area contributed by atoms with Gasteiger partial charge in [-0.25, -0.2) is 0 Å². The van der Waals surface area contributed by atoms with Crippen molar-refractivity contribution in [2.45, 2.75) is 0 Å². The molecule has 0 aromatic carbocycles. The quantitative estimate of drug-likeness (QED) is 0.483. The van der Waals surface area contributed by atoms with E-state index in [1.807, 2.05) is 9.88 Å². The summed E-state index contributed by atoms with van der Waals surface area (Å²) in [6.45, 7) is 0. The molecular formula is C5H3ClOSe. The fraction of sp³-hybridized carbons (Fsp3) is 0. The van der Waals surface area contributed by atoms with Crippen LogP contribution in [0.2, 0.25) is 0 Å². The van der Waals surface area contributed by atoms with Gasteiger partial charge in [-0.2, -0.15) is 0 Å². The Morgan fingerprint density at radius 3 is 2.75 bits per heavy atom. The van der Waals surface area contributed by atoms with Crippen LogP contribution in [0.15, 0.2) is 15.9 Å². The summed E-state index contributed by atoms with van der Waals surface area (Å²) in [6.07, 6.45) is 0. The molecule has 0 bridgehead atoms. The van der Waals surface area contributed by atoms with Gasteiger partial charge in [0.25, 0.3) is 0 Å². The van der Waals surface area contributed by atoms with Gasteiger partial charge in [0.1, 0.15) is 0 Å². The van der Waals surface area contributed by atoms with Gasteiger partial charge < -0.3 is 0 Å². The van der Waals surface area contributed by atoms with Crippen LogP contribution in [0.5, 0.6) is 0 Å². The van der Waals surface area contributed by atoms with Crippen molar-refractivity contribution >= 4 is 31.3 Å². The molecule has 0 saturated carbocycles. The maximum atomic E-state index is 10.3. The maximum absolute atomic E-state index is 10.3. The molecule has 0 saturated heterocycles. The van der Waals surface area contributed by atoms with Crippen LogP contribution in [0.4, 0.5) is 0 Å². The summed E-state index contributed by atoms with van der Waals surface area (Å²) in [5, 5.41) is -0.347. The molecule has 0 unspecified atom stereocenters. The molecule has 0 spiro atoms. The van der Waals surface area contributed by atoms with E-state index in [2.05, 4.69) is 0 Å². The normalized spacial score (nSPS) is 9.12. The van der Waals surface area contributed by atoms with E-state index in [-0.39, 0.29) is 5.24 Å². The Kier molecular flexibility index (Phi) is 1.90. The molecule has 0 amide bonds. The van der Waals surface area contributed by atoms with E-state index in [0.717, 1.165) is 0 Å². The van der Waals surface area contributed by atoms with Crippen LogP contribution in [0, 0.1) is 0 Å². The zero-order valence-electron chi connectivity index (χ0n) is 3.93. The monoisotopic (exact) mass is 194 g/mol. The summed E-state index contributed by atoms with van der Waals surface area (Å²) in [4.78, 5) is 14.1. The summed E-state index contributed by atoms with van der Waals surface area (Å²) in [5.74, 6) is 0. The fourth-order valence-electron chi connectivity index (χ4n) is 0.376. The number of carbonyl (C=O) groups excluding carboxylic acids is 1. The van der Waals surface area contributed by atoms with Crippen molar-refractivity contribution < 1.29 is 4.79 Å². The van der Waals surface area contributed by atoms with Crippen molar-refractivity contribution in [2.75, 3.05) is 0 Å². The van der Waals surface area contributed by atoms with Gasteiger partial charge in [0.2, 0.25) is 0 Å². The molecule has 1 aromatic heterocycles. The van der Waals surface area contributed by atoms with Crippen molar-refractivity contribution in [2.24, 2.45) is 0 Å². The molecule has 0 fully saturated rings. The average Bonchev–Trinajstić information content (AvgIpc) is 2.12. The first kappa shape index (κ1) is 6.09. The Bertz CT molecular complexity index is 180. The second-order valence-corrected chi connectivity index (χ2v) is 3.27. The Morgan fingerprint density at radius 2 is 2.50 bits per heavy atom. The van der Waals surface area contributed by atoms with Crippen molar-refractivity contribution in [3.05, 3.63) is 21.5 Å². The molecule has 0 radical (unpaired) electrons. The first-order valence-corrected chi connectivity index (χ1v) is 4.38. The van der Waals surface area contributed by atoms with Crippen LogP contribution < -0.4 is 0 Å². The Labute approximate surface area is 58.0 Å². The Hall–Kier alpha value is -0.0405. The third-order valence-electron chi connectivity index (χ3n) is 0.748. The van der Waals surface area contributed by atoms with Crippen molar-refractivity contribution in [3.8, 4) is 0 Å². The molecule has 0 aliphatic heterocycles. The molecule has 1 nitrogen and oxygen atoms in total. The minimum absolute atomic E-state index is 0.347. The summed E-state index contributed by atoms with van der Waals surface area (Å²) in [5.41, 5.74) is 0.645. The van der Waals surface area contributed by atoms with E-state index < -0.39 is 0 Å². The molecule has 0 atom stereocenters. The molecule has 1 rings (SSSR count). The SMILES string of the molecule is O=C(Cl)c1cc[se]c1. The third-order valence-corrected chi connectivity index (χ3v) is 2.40. The van der Waals surface area contributed by atoms with Crippen molar-refractivity contribution in [1.29, 1.82) is 0 Å². The molecule has 0 aliphatic carbocycles. The average molecular weight is 193 g/mol. The first-order chi connectivity index (χ1) is 3.80. The summed E-state index contributed by atoms with van der Waals surface area (Å²) in [6, 6.07) is 1.76. The van der Waals surface area contributed by atoms with Gasteiger partial charge >= 0.3 is 57.7 Å². The van der Waals surface area contributed by atoms with Crippen LogP contribution >= 0.6 is 11.6 Å². The zero-order valence-corrected chi connectivity index (χ0v) is 6.40. The van der Waals surface area contributed by atoms with Crippen LogP contribution in [-0.4, -0.2) is 19.7 Å². The molecule has 3 heteroatoms. The summed E-state index contributed by atoms with van der Waals surface area (Å²) in [7, 11) is 0. The van der Waals surface area contributed by atoms with Crippen molar-refractivity contribution in [1.82, 2.24) is 0 Å². The Balaban J connectivity index is 2.93. The number of halogens is 1. The number of hydrogen-bond donors (Lipinski definition) is 0. The summed E-state index contributed by atoms with van der Waals surface area (Å²) >= 11 is 5.51. The van der Waals surface area contributed by atoms with E-state index in [4.69, 9.17) is 11.6 Å². The molecule has 8 heavy (non-hydrogen) atoms.